The Bertz CT molecular complexity index is 596. The fourth-order valence-electron chi connectivity index (χ4n) is 2.01. The fraction of sp³-hybridized carbons (Fsp3) is 0.235. The van der Waals surface area contributed by atoms with Crippen molar-refractivity contribution in [1.29, 1.82) is 0 Å². The Morgan fingerprint density at radius 1 is 1.14 bits per heavy atom. The third kappa shape index (κ3) is 5.58. The average Bonchev–Trinajstić information content (AvgIpc) is 2.46. The number of halogens is 1. The van der Waals surface area contributed by atoms with Crippen molar-refractivity contribution < 1.29 is 4.79 Å². The molecule has 21 heavy (non-hydrogen) atoms. The largest absolute Gasteiger partial charge is 0.326 e. The van der Waals surface area contributed by atoms with Gasteiger partial charge in [-0.05, 0) is 36.8 Å². The lowest BCUT2D eigenvalue weighted by molar-refractivity contribution is -0.116. The van der Waals surface area contributed by atoms with Crippen LogP contribution in [0.1, 0.15) is 17.5 Å². The van der Waals surface area contributed by atoms with E-state index in [4.69, 9.17) is 11.6 Å². The zero-order chi connectivity index (χ0) is 15.1. The van der Waals surface area contributed by atoms with E-state index in [0.29, 0.717) is 18.0 Å². The first kappa shape index (κ1) is 15.5. The highest BCUT2D eigenvalue weighted by Gasteiger charge is 2.02. The standard InChI is InChI=1S/C17H19ClN2O/c1-13-3-2-4-14(11-13)12-19-10-9-17(21)20-16-7-5-15(18)6-8-16/h2-8,11,19H,9-10,12H2,1H3,(H,20,21). The van der Waals surface area contributed by atoms with Gasteiger partial charge in [-0.3, -0.25) is 4.79 Å². The van der Waals surface area contributed by atoms with Crippen LogP contribution in [0.25, 0.3) is 0 Å². The quantitative estimate of drug-likeness (QED) is 0.798. The van der Waals surface area contributed by atoms with E-state index in [2.05, 4.69) is 35.8 Å². The normalized spacial score (nSPS) is 10.4. The monoisotopic (exact) mass is 302 g/mol. The van der Waals surface area contributed by atoms with Crippen molar-refractivity contribution in [2.75, 3.05) is 11.9 Å². The topological polar surface area (TPSA) is 41.1 Å². The van der Waals surface area contributed by atoms with Gasteiger partial charge in [0.05, 0.1) is 0 Å². The molecule has 0 spiro atoms. The number of carbonyl (C=O) groups is 1. The lowest BCUT2D eigenvalue weighted by Crippen LogP contribution is -2.21. The van der Waals surface area contributed by atoms with Crippen molar-refractivity contribution in [1.82, 2.24) is 5.32 Å². The fourth-order valence-corrected chi connectivity index (χ4v) is 2.14. The van der Waals surface area contributed by atoms with Gasteiger partial charge in [0.15, 0.2) is 0 Å². The van der Waals surface area contributed by atoms with Crippen molar-refractivity contribution in [2.45, 2.75) is 19.9 Å². The number of hydrogen-bond donors (Lipinski definition) is 2. The van der Waals surface area contributed by atoms with Crippen LogP contribution in [0.5, 0.6) is 0 Å². The van der Waals surface area contributed by atoms with Crippen LogP contribution in [0.2, 0.25) is 5.02 Å². The maximum Gasteiger partial charge on any atom is 0.225 e. The Morgan fingerprint density at radius 2 is 1.90 bits per heavy atom. The Morgan fingerprint density at radius 3 is 2.62 bits per heavy atom. The van der Waals surface area contributed by atoms with E-state index >= 15 is 0 Å². The molecule has 4 heteroatoms. The molecule has 2 N–H and O–H groups in total. The minimum absolute atomic E-state index is 0.00550. The molecule has 0 fully saturated rings. The summed E-state index contributed by atoms with van der Waals surface area (Å²) in [6, 6.07) is 15.4. The smallest absolute Gasteiger partial charge is 0.225 e. The summed E-state index contributed by atoms with van der Waals surface area (Å²) in [7, 11) is 0. The van der Waals surface area contributed by atoms with Crippen LogP contribution in [0.3, 0.4) is 0 Å². The summed E-state index contributed by atoms with van der Waals surface area (Å²) >= 11 is 5.80. The van der Waals surface area contributed by atoms with Crippen molar-refractivity contribution in [3.63, 3.8) is 0 Å². The lowest BCUT2D eigenvalue weighted by atomic mass is 10.1. The molecule has 0 saturated carbocycles. The maximum absolute atomic E-state index is 11.8. The summed E-state index contributed by atoms with van der Waals surface area (Å²) in [6.45, 7) is 3.49. The SMILES string of the molecule is Cc1cccc(CNCCC(=O)Nc2ccc(Cl)cc2)c1. The van der Waals surface area contributed by atoms with Crippen molar-refractivity contribution >= 4 is 23.2 Å². The third-order valence-corrected chi connectivity index (χ3v) is 3.32. The first-order valence-electron chi connectivity index (χ1n) is 6.95. The number of rotatable bonds is 6. The summed E-state index contributed by atoms with van der Waals surface area (Å²) in [5.74, 6) is -0.00550. The van der Waals surface area contributed by atoms with E-state index in [1.165, 1.54) is 11.1 Å². The number of anilines is 1. The Hall–Kier alpha value is -1.84. The van der Waals surface area contributed by atoms with Gasteiger partial charge in [-0.2, -0.15) is 0 Å². The molecule has 2 aromatic rings. The molecule has 0 heterocycles. The van der Waals surface area contributed by atoms with Crippen molar-refractivity contribution in [3.05, 3.63) is 64.7 Å². The zero-order valence-corrected chi connectivity index (χ0v) is 12.8. The van der Waals surface area contributed by atoms with Gasteiger partial charge in [-0.25, -0.2) is 0 Å². The molecule has 0 saturated heterocycles. The molecule has 0 bridgehead atoms. The van der Waals surface area contributed by atoms with Crippen LogP contribution < -0.4 is 10.6 Å². The van der Waals surface area contributed by atoms with E-state index in [1.807, 2.05) is 6.07 Å². The average molecular weight is 303 g/mol. The molecule has 0 aliphatic heterocycles. The highest BCUT2D eigenvalue weighted by Crippen LogP contribution is 2.13. The van der Waals surface area contributed by atoms with Crippen LogP contribution in [0.4, 0.5) is 5.69 Å². The van der Waals surface area contributed by atoms with E-state index in [-0.39, 0.29) is 5.91 Å². The number of aryl methyl sites for hydroxylation is 1. The number of carbonyl (C=O) groups excluding carboxylic acids is 1. The van der Waals surface area contributed by atoms with E-state index in [1.54, 1.807) is 24.3 Å². The third-order valence-electron chi connectivity index (χ3n) is 3.07. The van der Waals surface area contributed by atoms with Gasteiger partial charge in [0, 0.05) is 30.2 Å². The Labute approximate surface area is 130 Å². The zero-order valence-electron chi connectivity index (χ0n) is 12.0. The van der Waals surface area contributed by atoms with Gasteiger partial charge >= 0.3 is 0 Å². The molecule has 1 amide bonds. The molecule has 0 unspecified atom stereocenters. The molecule has 0 aliphatic rings. The summed E-state index contributed by atoms with van der Waals surface area (Å²) in [5.41, 5.74) is 3.24. The maximum atomic E-state index is 11.8. The van der Waals surface area contributed by atoms with Crippen LogP contribution in [0, 0.1) is 6.92 Å². The second kappa shape index (κ2) is 7.81. The molecular formula is C17H19ClN2O. The number of benzene rings is 2. The highest BCUT2D eigenvalue weighted by molar-refractivity contribution is 6.30. The lowest BCUT2D eigenvalue weighted by Gasteiger charge is -2.07. The summed E-state index contributed by atoms with van der Waals surface area (Å²) < 4.78 is 0. The van der Waals surface area contributed by atoms with Crippen LogP contribution in [0.15, 0.2) is 48.5 Å². The first-order chi connectivity index (χ1) is 10.1. The predicted octanol–water partition coefficient (Wildman–Crippen LogP) is 3.77. The predicted molar refractivity (Wildman–Crippen MR) is 87.6 cm³/mol. The molecule has 0 aromatic heterocycles. The molecule has 0 aliphatic carbocycles. The number of hydrogen-bond acceptors (Lipinski definition) is 2. The molecule has 3 nitrogen and oxygen atoms in total. The van der Waals surface area contributed by atoms with Gasteiger partial charge in [0.1, 0.15) is 0 Å². The summed E-state index contributed by atoms with van der Waals surface area (Å²) in [6.07, 6.45) is 0.439. The Balaban J connectivity index is 1.68. The Kier molecular flexibility index (Phi) is 5.78. The van der Waals surface area contributed by atoms with Crippen LogP contribution in [-0.2, 0) is 11.3 Å². The molecule has 0 radical (unpaired) electrons. The highest BCUT2D eigenvalue weighted by atomic mass is 35.5. The number of nitrogens with one attached hydrogen (secondary N) is 2. The minimum Gasteiger partial charge on any atom is -0.326 e. The van der Waals surface area contributed by atoms with Gasteiger partial charge in [0.2, 0.25) is 5.91 Å². The second-order valence-corrected chi connectivity index (χ2v) is 5.41. The molecular weight excluding hydrogens is 284 g/mol. The van der Waals surface area contributed by atoms with Gasteiger partial charge < -0.3 is 10.6 Å². The molecule has 2 aromatic carbocycles. The van der Waals surface area contributed by atoms with E-state index in [9.17, 15) is 4.79 Å². The summed E-state index contributed by atoms with van der Waals surface area (Å²) in [5, 5.41) is 6.77. The van der Waals surface area contributed by atoms with Crippen LogP contribution in [-0.4, -0.2) is 12.5 Å². The van der Waals surface area contributed by atoms with Gasteiger partial charge in [-0.15, -0.1) is 0 Å². The summed E-state index contributed by atoms with van der Waals surface area (Å²) in [4.78, 5) is 11.8. The molecule has 2 rings (SSSR count). The van der Waals surface area contributed by atoms with Gasteiger partial charge in [-0.1, -0.05) is 41.4 Å². The first-order valence-corrected chi connectivity index (χ1v) is 7.33. The van der Waals surface area contributed by atoms with Crippen LogP contribution >= 0.6 is 11.6 Å². The minimum atomic E-state index is -0.00550. The van der Waals surface area contributed by atoms with E-state index in [0.717, 1.165) is 12.2 Å². The molecule has 110 valence electrons. The van der Waals surface area contributed by atoms with Gasteiger partial charge in [0.25, 0.3) is 0 Å². The number of amides is 1. The van der Waals surface area contributed by atoms with Crippen molar-refractivity contribution in [3.8, 4) is 0 Å². The second-order valence-electron chi connectivity index (χ2n) is 4.97. The van der Waals surface area contributed by atoms with Crippen molar-refractivity contribution in [2.24, 2.45) is 0 Å². The molecule has 0 atom stereocenters. The van der Waals surface area contributed by atoms with E-state index < -0.39 is 0 Å².